The van der Waals surface area contributed by atoms with Crippen LogP contribution in [-0.4, -0.2) is 39.6 Å². The second-order valence-corrected chi connectivity index (χ2v) is 4.76. The van der Waals surface area contributed by atoms with Gasteiger partial charge in [-0.15, -0.1) is 0 Å². The van der Waals surface area contributed by atoms with E-state index < -0.39 is 0 Å². The highest BCUT2D eigenvalue weighted by atomic mass is 35.5. The lowest BCUT2D eigenvalue weighted by molar-refractivity contribution is -0.116. The molecule has 1 amide bonds. The Labute approximate surface area is 129 Å². The minimum Gasteiger partial charge on any atom is -0.495 e. The molecule has 1 rings (SSSR count). The van der Waals surface area contributed by atoms with Gasteiger partial charge in [0, 0.05) is 38.1 Å². The van der Waals surface area contributed by atoms with Gasteiger partial charge in [0.1, 0.15) is 5.75 Å². The van der Waals surface area contributed by atoms with Crippen LogP contribution in [0.15, 0.2) is 17.1 Å². The van der Waals surface area contributed by atoms with E-state index in [1.807, 2.05) is 6.92 Å². The quantitative estimate of drug-likeness (QED) is 0.572. The molecule has 0 aliphatic heterocycles. The summed E-state index contributed by atoms with van der Waals surface area (Å²) < 4.78 is 5.22. The highest BCUT2D eigenvalue weighted by Crippen LogP contribution is 2.30. The Kier molecular flexibility index (Phi) is 6.81. The number of anilines is 1. The highest BCUT2D eigenvalue weighted by molar-refractivity contribution is 6.31. The lowest BCUT2D eigenvalue weighted by Gasteiger charge is -2.13. The van der Waals surface area contributed by atoms with Crippen LogP contribution in [0.2, 0.25) is 5.02 Å². The van der Waals surface area contributed by atoms with E-state index in [1.165, 1.54) is 7.11 Å². The molecule has 6 nitrogen and oxygen atoms in total. The van der Waals surface area contributed by atoms with Crippen molar-refractivity contribution in [2.75, 3.05) is 33.1 Å². The van der Waals surface area contributed by atoms with Crippen molar-refractivity contribution < 1.29 is 9.53 Å². The summed E-state index contributed by atoms with van der Waals surface area (Å²) in [6.07, 6.45) is 0.311. The predicted octanol–water partition coefficient (Wildman–Crippen LogP) is 1.78. The summed E-state index contributed by atoms with van der Waals surface area (Å²) in [6.45, 7) is 2.35. The Balaban J connectivity index is 2.61. The van der Waals surface area contributed by atoms with Crippen LogP contribution in [0.3, 0.4) is 0 Å². The number of methoxy groups -OCH3 is 1. The van der Waals surface area contributed by atoms with Gasteiger partial charge in [0.05, 0.1) is 12.8 Å². The number of ether oxygens (including phenoxy) is 1. The third-order valence-corrected chi connectivity index (χ3v) is 3.27. The van der Waals surface area contributed by atoms with E-state index in [4.69, 9.17) is 16.3 Å². The Morgan fingerprint density at radius 2 is 2.14 bits per heavy atom. The molecule has 1 aromatic rings. The van der Waals surface area contributed by atoms with Crippen LogP contribution in [0.5, 0.6) is 5.75 Å². The maximum absolute atomic E-state index is 11.9. The van der Waals surface area contributed by atoms with Gasteiger partial charge in [0.15, 0.2) is 5.96 Å². The van der Waals surface area contributed by atoms with Gasteiger partial charge in [0.25, 0.3) is 0 Å². The molecule has 0 aliphatic rings. The first-order chi connectivity index (χ1) is 10.0. The van der Waals surface area contributed by atoms with E-state index in [0.717, 1.165) is 5.56 Å². The molecule has 0 heterocycles. The number of amides is 1. The van der Waals surface area contributed by atoms with Crippen molar-refractivity contribution in [3.8, 4) is 5.75 Å². The Morgan fingerprint density at radius 1 is 1.43 bits per heavy atom. The summed E-state index contributed by atoms with van der Waals surface area (Å²) >= 11 is 6.03. The van der Waals surface area contributed by atoms with Gasteiger partial charge in [-0.25, -0.2) is 0 Å². The molecule has 7 heteroatoms. The molecule has 0 spiro atoms. The smallest absolute Gasteiger partial charge is 0.226 e. The van der Waals surface area contributed by atoms with Crippen LogP contribution >= 0.6 is 11.6 Å². The van der Waals surface area contributed by atoms with E-state index in [9.17, 15) is 4.79 Å². The summed E-state index contributed by atoms with van der Waals surface area (Å²) in [5.41, 5.74) is 1.49. The van der Waals surface area contributed by atoms with Crippen LogP contribution in [-0.2, 0) is 4.79 Å². The van der Waals surface area contributed by atoms with Gasteiger partial charge in [-0.1, -0.05) is 11.6 Å². The molecular formula is C14H21ClN4O2. The molecule has 0 aliphatic carbocycles. The number of guanidine groups is 1. The highest BCUT2D eigenvalue weighted by Gasteiger charge is 2.10. The number of halogens is 1. The number of carbonyl (C=O) groups is 1. The molecule has 21 heavy (non-hydrogen) atoms. The second-order valence-electron chi connectivity index (χ2n) is 4.35. The lowest BCUT2D eigenvalue weighted by atomic mass is 10.2. The van der Waals surface area contributed by atoms with E-state index >= 15 is 0 Å². The number of hydrogen-bond acceptors (Lipinski definition) is 3. The zero-order valence-electron chi connectivity index (χ0n) is 12.7. The van der Waals surface area contributed by atoms with Gasteiger partial charge in [-0.05, 0) is 18.6 Å². The summed E-state index contributed by atoms with van der Waals surface area (Å²) in [6, 6.07) is 3.48. The fourth-order valence-electron chi connectivity index (χ4n) is 1.72. The normalized spacial score (nSPS) is 11.0. The number of aliphatic imine (C=N–C) groups is 1. The van der Waals surface area contributed by atoms with Crippen LogP contribution < -0.4 is 20.7 Å². The molecule has 0 saturated carbocycles. The zero-order chi connectivity index (χ0) is 15.8. The van der Waals surface area contributed by atoms with Crippen molar-refractivity contribution >= 4 is 29.2 Å². The Hall–Kier alpha value is -1.95. The SMILES string of the molecule is CN=C(NC)NCCC(=O)Nc1cc(C)c(Cl)cc1OC. The standard InChI is InChI=1S/C14H21ClN4O2/c1-9-7-11(12(21-4)8-10(9)15)19-13(20)5-6-18-14(16-2)17-3/h7-8H,5-6H2,1-4H3,(H,19,20)(H2,16,17,18). The van der Waals surface area contributed by atoms with Gasteiger partial charge in [-0.3, -0.25) is 9.79 Å². The number of aryl methyl sites for hydroxylation is 1. The van der Waals surface area contributed by atoms with Gasteiger partial charge < -0.3 is 20.7 Å². The van der Waals surface area contributed by atoms with Crippen molar-refractivity contribution in [3.63, 3.8) is 0 Å². The number of hydrogen-bond donors (Lipinski definition) is 3. The minimum absolute atomic E-state index is 0.117. The first-order valence-corrected chi connectivity index (χ1v) is 6.92. The van der Waals surface area contributed by atoms with Crippen molar-refractivity contribution in [1.82, 2.24) is 10.6 Å². The van der Waals surface area contributed by atoms with Crippen molar-refractivity contribution in [1.29, 1.82) is 0 Å². The maximum atomic E-state index is 11.9. The van der Waals surface area contributed by atoms with Gasteiger partial charge in [0.2, 0.25) is 5.91 Å². The monoisotopic (exact) mass is 312 g/mol. The van der Waals surface area contributed by atoms with E-state index in [-0.39, 0.29) is 5.91 Å². The predicted molar refractivity (Wildman–Crippen MR) is 86.4 cm³/mol. The molecule has 0 aromatic heterocycles. The minimum atomic E-state index is -0.117. The van der Waals surface area contributed by atoms with E-state index in [0.29, 0.717) is 35.4 Å². The number of carbonyl (C=O) groups excluding carboxylic acids is 1. The Bertz CT molecular complexity index is 532. The summed E-state index contributed by atoms with van der Waals surface area (Å²) in [5, 5.41) is 9.31. The van der Waals surface area contributed by atoms with E-state index in [1.54, 1.807) is 26.2 Å². The fraction of sp³-hybridized carbons (Fsp3) is 0.429. The average molecular weight is 313 g/mol. The van der Waals surface area contributed by atoms with Crippen LogP contribution in [0.25, 0.3) is 0 Å². The molecular weight excluding hydrogens is 292 g/mol. The largest absolute Gasteiger partial charge is 0.495 e. The molecule has 0 saturated heterocycles. The Morgan fingerprint density at radius 3 is 2.71 bits per heavy atom. The molecule has 0 radical (unpaired) electrons. The maximum Gasteiger partial charge on any atom is 0.226 e. The molecule has 0 unspecified atom stereocenters. The van der Waals surface area contributed by atoms with Crippen molar-refractivity contribution in [2.24, 2.45) is 4.99 Å². The number of rotatable bonds is 5. The van der Waals surface area contributed by atoms with Gasteiger partial charge in [-0.2, -0.15) is 0 Å². The molecule has 0 atom stereocenters. The van der Waals surface area contributed by atoms with Crippen LogP contribution in [0, 0.1) is 6.92 Å². The number of benzene rings is 1. The summed E-state index contributed by atoms with van der Waals surface area (Å²) in [7, 11) is 4.96. The van der Waals surface area contributed by atoms with Gasteiger partial charge >= 0.3 is 0 Å². The van der Waals surface area contributed by atoms with Crippen LogP contribution in [0.1, 0.15) is 12.0 Å². The average Bonchev–Trinajstić information content (AvgIpc) is 2.47. The topological polar surface area (TPSA) is 74.8 Å². The van der Waals surface area contributed by atoms with Crippen molar-refractivity contribution in [2.45, 2.75) is 13.3 Å². The molecule has 0 fully saturated rings. The summed E-state index contributed by atoms with van der Waals surface area (Å²) in [4.78, 5) is 15.9. The zero-order valence-corrected chi connectivity index (χ0v) is 13.5. The first kappa shape index (κ1) is 17.1. The van der Waals surface area contributed by atoms with Crippen molar-refractivity contribution in [3.05, 3.63) is 22.7 Å². The van der Waals surface area contributed by atoms with Crippen LogP contribution in [0.4, 0.5) is 5.69 Å². The fourth-order valence-corrected chi connectivity index (χ4v) is 1.87. The molecule has 1 aromatic carbocycles. The summed E-state index contributed by atoms with van der Waals surface area (Å²) in [5.74, 6) is 1.06. The molecule has 3 N–H and O–H groups in total. The third kappa shape index (κ3) is 5.15. The van der Waals surface area contributed by atoms with E-state index in [2.05, 4.69) is 20.9 Å². The molecule has 0 bridgehead atoms. The first-order valence-electron chi connectivity index (χ1n) is 6.54. The second kappa shape index (κ2) is 8.36. The number of nitrogens with zero attached hydrogens (tertiary/aromatic N) is 1. The molecule has 116 valence electrons. The number of nitrogens with one attached hydrogen (secondary N) is 3. The third-order valence-electron chi connectivity index (χ3n) is 2.86. The lowest BCUT2D eigenvalue weighted by Crippen LogP contribution is -2.36.